The van der Waals surface area contributed by atoms with Crippen LogP contribution in [0.5, 0.6) is 0 Å². The molecule has 1 fully saturated rings. The second-order valence-electron chi connectivity index (χ2n) is 4.20. The van der Waals surface area contributed by atoms with Gasteiger partial charge in [0.15, 0.2) is 0 Å². The topological polar surface area (TPSA) is 80.9 Å². The number of nitrogens with one attached hydrogen (secondary N) is 1. The number of carbonyl (C=O) groups is 1. The predicted molar refractivity (Wildman–Crippen MR) is 60.7 cm³/mol. The Bertz CT molecular complexity index is 360. The summed E-state index contributed by atoms with van der Waals surface area (Å²) in [6.45, 7) is 0. The SMILES string of the molecule is NC(=O)C1(Nc2ncccn2)CCCCC1. The minimum Gasteiger partial charge on any atom is -0.368 e. The number of nitrogens with zero attached hydrogens (tertiary/aromatic N) is 2. The average Bonchev–Trinajstić information content (AvgIpc) is 2.31. The van der Waals surface area contributed by atoms with E-state index in [1.807, 2.05) is 0 Å². The summed E-state index contributed by atoms with van der Waals surface area (Å²) < 4.78 is 0. The molecule has 0 bridgehead atoms. The quantitative estimate of drug-likeness (QED) is 0.798. The molecule has 1 saturated carbocycles. The van der Waals surface area contributed by atoms with E-state index in [9.17, 15) is 4.79 Å². The summed E-state index contributed by atoms with van der Waals surface area (Å²) >= 11 is 0. The van der Waals surface area contributed by atoms with Gasteiger partial charge in [-0.2, -0.15) is 0 Å². The number of amides is 1. The largest absolute Gasteiger partial charge is 0.368 e. The average molecular weight is 220 g/mol. The summed E-state index contributed by atoms with van der Waals surface area (Å²) in [6.07, 6.45) is 8.01. The normalized spacial score (nSPS) is 19.0. The van der Waals surface area contributed by atoms with Gasteiger partial charge in [0.05, 0.1) is 0 Å². The second-order valence-corrected chi connectivity index (χ2v) is 4.20. The number of anilines is 1. The minimum atomic E-state index is -0.653. The first-order valence-corrected chi connectivity index (χ1v) is 5.58. The molecule has 0 saturated heterocycles. The lowest BCUT2D eigenvalue weighted by Crippen LogP contribution is -2.52. The zero-order valence-electron chi connectivity index (χ0n) is 9.15. The smallest absolute Gasteiger partial charge is 0.243 e. The van der Waals surface area contributed by atoms with Crippen molar-refractivity contribution in [1.82, 2.24) is 9.97 Å². The van der Waals surface area contributed by atoms with Gasteiger partial charge < -0.3 is 11.1 Å². The van der Waals surface area contributed by atoms with E-state index < -0.39 is 5.54 Å². The van der Waals surface area contributed by atoms with Crippen LogP contribution in [0.4, 0.5) is 5.95 Å². The van der Waals surface area contributed by atoms with Crippen molar-refractivity contribution in [3.05, 3.63) is 18.5 Å². The summed E-state index contributed by atoms with van der Waals surface area (Å²) in [6, 6.07) is 1.74. The molecule has 1 aromatic rings. The Balaban J connectivity index is 2.17. The first kappa shape index (κ1) is 10.9. The standard InChI is InChI=1S/C11H16N4O/c12-9(16)11(5-2-1-3-6-11)15-10-13-7-4-8-14-10/h4,7-8H,1-3,5-6H2,(H2,12,16)(H,13,14,15). The highest BCUT2D eigenvalue weighted by atomic mass is 16.1. The van der Waals surface area contributed by atoms with Crippen molar-refractivity contribution in [1.29, 1.82) is 0 Å². The highest BCUT2D eigenvalue weighted by Crippen LogP contribution is 2.30. The Kier molecular flexibility index (Phi) is 3.03. The van der Waals surface area contributed by atoms with Crippen LogP contribution in [0.3, 0.4) is 0 Å². The van der Waals surface area contributed by atoms with Crippen molar-refractivity contribution in [2.45, 2.75) is 37.6 Å². The van der Waals surface area contributed by atoms with Crippen LogP contribution in [0.2, 0.25) is 0 Å². The number of hydrogen-bond acceptors (Lipinski definition) is 4. The fraction of sp³-hybridized carbons (Fsp3) is 0.545. The molecule has 0 atom stereocenters. The van der Waals surface area contributed by atoms with Gasteiger partial charge in [-0.05, 0) is 18.9 Å². The van der Waals surface area contributed by atoms with E-state index in [0.29, 0.717) is 5.95 Å². The third kappa shape index (κ3) is 2.13. The van der Waals surface area contributed by atoms with Crippen LogP contribution in [0, 0.1) is 0 Å². The number of rotatable bonds is 3. The number of nitrogens with two attached hydrogens (primary N) is 1. The molecule has 0 unspecified atom stereocenters. The molecule has 0 aromatic carbocycles. The van der Waals surface area contributed by atoms with Crippen LogP contribution >= 0.6 is 0 Å². The van der Waals surface area contributed by atoms with Crippen LogP contribution in [0.1, 0.15) is 32.1 Å². The van der Waals surface area contributed by atoms with Crippen molar-refractivity contribution in [3.8, 4) is 0 Å². The van der Waals surface area contributed by atoms with Crippen LogP contribution in [0.15, 0.2) is 18.5 Å². The third-order valence-corrected chi connectivity index (χ3v) is 3.10. The molecule has 3 N–H and O–H groups in total. The monoisotopic (exact) mass is 220 g/mol. The molecule has 1 aliphatic rings. The van der Waals surface area contributed by atoms with E-state index in [-0.39, 0.29) is 5.91 Å². The first-order chi connectivity index (χ1) is 7.73. The van der Waals surface area contributed by atoms with Crippen molar-refractivity contribution >= 4 is 11.9 Å². The molecule has 0 radical (unpaired) electrons. The Labute approximate surface area is 94.5 Å². The van der Waals surface area contributed by atoms with Gasteiger partial charge in [-0.25, -0.2) is 9.97 Å². The maximum absolute atomic E-state index is 11.6. The summed E-state index contributed by atoms with van der Waals surface area (Å²) in [7, 11) is 0. The molecular formula is C11H16N4O. The summed E-state index contributed by atoms with van der Waals surface area (Å²) in [5.74, 6) is 0.169. The van der Waals surface area contributed by atoms with E-state index in [0.717, 1.165) is 32.1 Å². The maximum Gasteiger partial charge on any atom is 0.243 e. The Morgan fingerprint density at radius 1 is 1.25 bits per heavy atom. The van der Waals surface area contributed by atoms with Crippen LogP contribution < -0.4 is 11.1 Å². The van der Waals surface area contributed by atoms with Gasteiger partial charge in [-0.3, -0.25) is 4.79 Å². The Hall–Kier alpha value is -1.65. The Morgan fingerprint density at radius 2 is 1.88 bits per heavy atom. The second kappa shape index (κ2) is 4.47. The molecule has 0 spiro atoms. The van der Waals surface area contributed by atoms with Crippen molar-refractivity contribution in [3.63, 3.8) is 0 Å². The lowest BCUT2D eigenvalue weighted by atomic mass is 9.81. The van der Waals surface area contributed by atoms with Gasteiger partial charge in [-0.1, -0.05) is 19.3 Å². The van der Waals surface area contributed by atoms with Crippen molar-refractivity contribution in [2.24, 2.45) is 5.73 Å². The highest BCUT2D eigenvalue weighted by molar-refractivity contribution is 5.87. The molecule has 5 nitrogen and oxygen atoms in total. The van der Waals surface area contributed by atoms with Crippen molar-refractivity contribution < 1.29 is 4.79 Å². The summed E-state index contributed by atoms with van der Waals surface area (Å²) in [5.41, 5.74) is 4.84. The van der Waals surface area contributed by atoms with Gasteiger partial charge in [-0.15, -0.1) is 0 Å². The fourth-order valence-electron chi connectivity index (χ4n) is 2.17. The molecule has 1 heterocycles. The van der Waals surface area contributed by atoms with Gasteiger partial charge in [0.25, 0.3) is 0 Å². The first-order valence-electron chi connectivity index (χ1n) is 5.58. The van der Waals surface area contributed by atoms with Gasteiger partial charge in [0, 0.05) is 12.4 Å². The van der Waals surface area contributed by atoms with E-state index in [1.165, 1.54) is 0 Å². The van der Waals surface area contributed by atoms with E-state index >= 15 is 0 Å². The lowest BCUT2D eigenvalue weighted by molar-refractivity contribution is -0.123. The minimum absolute atomic E-state index is 0.306. The van der Waals surface area contributed by atoms with Gasteiger partial charge >= 0.3 is 0 Å². The van der Waals surface area contributed by atoms with E-state index in [4.69, 9.17) is 5.73 Å². The molecule has 1 aliphatic carbocycles. The van der Waals surface area contributed by atoms with Gasteiger partial charge in [0.1, 0.15) is 5.54 Å². The summed E-state index contributed by atoms with van der Waals surface area (Å²) in [5, 5.41) is 3.10. The molecule has 16 heavy (non-hydrogen) atoms. The van der Waals surface area contributed by atoms with E-state index in [2.05, 4.69) is 15.3 Å². The predicted octanol–water partition coefficient (Wildman–Crippen LogP) is 1.08. The molecule has 1 aromatic heterocycles. The molecule has 0 aliphatic heterocycles. The maximum atomic E-state index is 11.6. The molecule has 1 amide bonds. The third-order valence-electron chi connectivity index (χ3n) is 3.10. The van der Waals surface area contributed by atoms with Crippen molar-refractivity contribution in [2.75, 3.05) is 5.32 Å². The number of hydrogen-bond donors (Lipinski definition) is 2. The molecule has 86 valence electrons. The molecular weight excluding hydrogens is 204 g/mol. The highest BCUT2D eigenvalue weighted by Gasteiger charge is 2.38. The van der Waals surface area contributed by atoms with Gasteiger partial charge in [0.2, 0.25) is 11.9 Å². The zero-order chi connectivity index (χ0) is 11.4. The number of aromatic nitrogens is 2. The Morgan fingerprint density at radius 3 is 2.44 bits per heavy atom. The van der Waals surface area contributed by atoms with Crippen LogP contribution in [-0.4, -0.2) is 21.4 Å². The number of carbonyl (C=O) groups excluding carboxylic acids is 1. The fourth-order valence-corrected chi connectivity index (χ4v) is 2.17. The lowest BCUT2D eigenvalue weighted by Gasteiger charge is -2.34. The van der Waals surface area contributed by atoms with Crippen LogP contribution in [-0.2, 0) is 4.79 Å². The van der Waals surface area contributed by atoms with E-state index in [1.54, 1.807) is 18.5 Å². The summed E-state index contributed by atoms with van der Waals surface area (Å²) in [4.78, 5) is 19.7. The molecule has 5 heteroatoms. The zero-order valence-corrected chi connectivity index (χ0v) is 9.15. The van der Waals surface area contributed by atoms with Crippen LogP contribution in [0.25, 0.3) is 0 Å². The number of primary amides is 1. The molecule has 2 rings (SSSR count).